The normalized spacial score (nSPS) is 43.1. The van der Waals surface area contributed by atoms with Gasteiger partial charge in [-0.15, -0.1) is 0 Å². The number of rotatable bonds is 6. The summed E-state index contributed by atoms with van der Waals surface area (Å²) in [6.45, 7) is 13.6. The van der Waals surface area contributed by atoms with Crippen LogP contribution in [0.25, 0.3) is 0 Å². The van der Waals surface area contributed by atoms with E-state index in [2.05, 4.69) is 39.6 Å². The maximum Gasteiger partial charge on any atom is 0.338 e. The topological polar surface area (TPSA) is 89.0 Å². The summed E-state index contributed by atoms with van der Waals surface area (Å²) < 4.78 is 41.1. The van der Waals surface area contributed by atoms with Crippen LogP contribution in [-0.2, 0) is 20.8 Å². The first-order valence-corrected chi connectivity index (χ1v) is 19.2. The van der Waals surface area contributed by atoms with Crippen LogP contribution >= 0.6 is 0 Å². The Hall–Kier alpha value is -2.91. The van der Waals surface area contributed by atoms with Crippen molar-refractivity contribution in [3.63, 3.8) is 0 Å². The molecular formula is C42H54F2N2O5. The summed E-state index contributed by atoms with van der Waals surface area (Å²) in [5.41, 5.74) is 0.726. The van der Waals surface area contributed by atoms with E-state index in [4.69, 9.17) is 9.47 Å². The second-order valence-corrected chi connectivity index (χ2v) is 18.4. The zero-order chi connectivity index (χ0) is 36.3. The highest BCUT2D eigenvalue weighted by Gasteiger charge is 2.84. The Morgan fingerprint density at radius 3 is 2.33 bits per heavy atom. The van der Waals surface area contributed by atoms with Gasteiger partial charge >= 0.3 is 5.97 Å². The molecule has 1 aliphatic heterocycles. The van der Waals surface area contributed by atoms with Crippen LogP contribution in [0.1, 0.15) is 109 Å². The first-order chi connectivity index (χ1) is 24.1. The average molecular weight is 705 g/mol. The minimum atomic E-state index is -0.664. The molecule has 2 heterocycles. The van der Waals surface area contributed by atoms with Crippen LogP contribution in [-0.4, -0.2) is 57.8 Å². The predicted molar refractivity (Wildman–Crippen MR) is 187 cm³/mol. The van der Waals surface area contributed by atoms with Crippen molar-refractivity contribution in [1.82, 2.24) is 9.88 Å². The van der Waals surface area contributed by atoms with E-state index < -0.39 is 17.7 Å². The van der Waals surface area contributed by atoms with E-state index in [1.165, 1.54) is 25.5 Å². The monoisotopic (exact) mass is 704 g/mol. The van der Waals surface area contributed by atoms with Gasteiger partial charge in [0.25, 0.3) is 0 Å². The Morgan fingerprint density at radius 2 is 1.65 bits per heavy atom. The highest BCUT2D eigenvalue weighted by molar-refractivity contribution is 5.89. The average Bonchev–Trinajstić information content (AvgIpc) is 3.70. The molecule has 1 aromatic heterocycles. The van der Waals surface area contributed by atoms with Crippen molar-refractivity contribution in [3.05, 3.63) is 65.5 Å². The lowest BCUT2D eigenvalue weighted by molar-refractivity contribution is -0.183. The molecule has 0 bridgehead atoms. The number of carbonyl (C=O) groups is 2. The molecule has 6 aliphatic rings. The van der Waals surface area contributed by atoms with Crippen LogP contribution in [0, 0.1) is 62.4 Å². The number of fused-ring (bicyclic) bond motifs is 4. The molecule has 3 unspecified atom stereocenters. The molecule has 1 saturated heterocycles. The van der Waals surface area contributed by atoms with Gasteiger partial charge in [0.2, 0.25) is 5.91 Å². The summed E-state index contributed by atoms with van der Waals surface area (Å²) in [4.78, 5) is 31.6. The third-order valence-electron chi connectivity index (χ3n) is 16.1. The van der Waals surface area contributed by atoms with Crippen LogP contribution in [0.2, 0.25) is 0 Å². The molecule has 5 aliphatic carbocycles. The number of amides is 1. The summed E-state index contributed by atoms with van der Waals surface area (Å²) in [6.07, 6.45) is 10.0. The molecule has 7 nitrogen and oxygen atoms in total. The fourth-order valence-corrected chi connectivity index (χ4v) is 13.9. The van der Waals surface area contributed by atoms with Crippen LogP contribution in [0.15, 0.2) is 42.7 Å². The summed E-state index contributed by atoms with van der Waals surface area (Å²) in [6, 6.07) is 6.80. The molecule has 5 saturated carbocycles. The maximum atomic E-state index is 14.0. The summed E-state index contributed by atoms with van der Waals surface area (Å²) in [5, 5.41) is 12.6. The Bertz CT molecular complexity index is 1700. The van der Waals surface area contributed by atoms with Crippen molar-refractivity contribution in [2.75, 3.05) is 6.54 Å². The van der Waals surface area contributed by atoms with E-state index in [0.29, 0.717) is 29.5 Å². The number of benzene rings is 1. The van der Waals surface area contributed by atoms with Gasteiger partial charge in [-0.3, -0.25) is 9.78 Å². The Morgan fingerprint density at radius 1 is 0.980 bits per heavy atom. The van der Waals surface area contributed by atoms with Gasteiger partial charge in [-0.25, -0.2) is 13.6 Å². The number of nitrogens with zero attached hydrogens (tertiary/aromatic N) is 2. The van der Waals surface area contributed by atoms with Crippen molar-refractivity contribution < 1.29 is 33.0 Å². The lowest BCUT2D eigenvalue weighted by Gasteiger charge is -2.63. The van der Waals surface area contributed by atoms with Crippen LogP contribution in [0.5, 0.6) is 0 Å². The van der Waals surface area contributed by atoms with E-state index in [0.717, 1.165) is 51.0 Å². The molecule has 51 heavy (non-hydrogen) atoms. The quantitative estimate of drug-likeness (QED) is 0.310. The Kier molecular flexibility index (Phi) is 8.13. The summed E-state index contributed by atoms with van der Waals surface area (Å²) in [5.74, 6) is -0.490. The number of ether oxygens (including phenoxy) is 2. The van der Waals surface area contributed by atoms with Crippen LogP contribution in [0.3, 0.4) is 0 Å². The fourth-order valence-electron chi connectivity index (χ4n) is 13.9. The number of halogens is 2. The smallest absolute Gasteiger partial charge is 0.338 e. The van der Waals surface area contributed by atoms with Gasteiger partial charge in [0.15, 0.2) is 0 Å². The first kappa shape index (κ1) is 35.1. The van der Waals surface area contributed by atoms with Crippen molar-refractivity contribution >= 4 is 11.9 Å². The third kappa shape index (κ3) is 4.95. The van der Waals surface area contributed by atoms with Gasteiger partial charge in [0.05, 0.1) is 23.9 Å². The molecule has 12 atom stereocenters. The van der Waals surface area contributed by atoms with Crippen molar-refractivity contribution in [1.29, 1.82) is 0 Å². The molecule has 8 rings (SSSR count). The number of pyridine rings is 1. The number of esters is 1. The Balaban J connectivity index is 1.02. The van der Waals surface area contributed by atoms with Crippen molar-refractivity contribution in [2.45, 2.75) is 124 Å². The zero-order valence-corrected chi connectivity index (χ0v) is 31.0. The number of aliphatic hydroxyl groups is 1. The predicted octanol–water partition coefficient (Wildman–Crippen LogP) is 7.75. The van der Waals surface area contributed by atoms with Crippen molar-refractivity contribution in [3.8, 4) is 0 Å². The van der Waals surface area contributed by atoms with Gasteiger partial charge < -0.3 is 19.5 Å². The lowest BCUT2D eigenvalue weighted by Crippen LogP contribution is -2.60. The highest BCUT2D eigenvalue weighted by Crippen LogP contribution is 2.89. The minimum Gasteiger partial charge on any atom is -0.458 e. The number of aliphatic hydroxyl groups excluding tert-OH is 1. The first-order valence-electron chi connectivity index (χ1n) is 19.2. The SMILES string of the molecule is CC(=O)N(Cc1cc(F)cc(F)c1)CC1C[C@@H](C)[C@H]2C(O1)[C@H](O)[C@@]1(C)C3CC[C@H]4C(C)(C)[C@@H](OC(=O)c5ccncc5)CC[C@@]45C[C@@]35CC[C@]21C. The summed E-state index contributed by atoms with van der Waals surface area (Å²) in [7, 11) is 0. The summed E-state index contributed by atoms with van der Waals surface area (Å²) >= 11 is 0. The molecule has 0 radical (unpaired) electrons. The van der Waals surface area contributed by atoms with Crippen LogP contribution < -0.4 is 0 Å². The molecular weight excluding hydrogens is 650 g/mol. The number of aromatic nitrogens is 1. The second kappa shape index (κ2) is 11.8. The lowest BCUT2D eigenvalue weighted by atomic mass is 9.41. The third-order valence-corrected chi connectivity index (χ3v) is 16.1. The highest BCUT2D eigenvalue weighted by atomic mass is 19.1. The van der Waals surface area contributed by atoms with E-state index >= 15 is 0 Å². The minimum absolute atomic E-state index is 0.0956. The number of carbonyl (C=O) groups excluding carboxylic acids is 2. The van der Waals surface area contributed by atoms with E-state index in [1.54, 1.807) is 29.4 Å². The standard InChI is InChI=1S/C42H54F2N2O5/c1-24-17-30(22-46(25(2)47)21-26-18-28(43)20-29(44)19-26)50-35-34(24)39(5)13-14-42-23-41(42)12-9-33(51-37(49)27-10-15-45-16-11-27)38(3,4)31(41)7-8-32(42)40(39,6)36(35)48/h10-11,15-16,18-20,24,30-36,48H,7-9,12-14,17,21-23H2,1-6H3/t24-,30?,31+,32?,33+,34+,35?,36+,39-,40-,41-,42+/m1/s1. The van der Waals surface area contributed by atoms with E-state index in [9.17, 15) is 23.5 Å². The molecule has 9 heteroatoms. The molecule has 2 spiro atoms. The Labute approximate surface area is 300 Å². The molecule has 6 fully saturated rings. The second-order valence-electron chi connectivity index (χ2n) is 18.4. The van der Waals surface area contributed by atoms with Gasteiger partial charge in [0, 0.05) is 49.3 Å². The molecule has 1 N–H and O–H groups in total. The van der Waals surface area contributed by atoms with Gasteiger partial charge in [-0.2, -0.15) is 0 Å². The largest absolute Gasteiger partial charge is 0.458 e. The van der Waals surface area contributed by atoms with Gasteiger partial charge in [0.1, 0.15) is 17.7 Å². The van der Waals surface area contributed by atoms with Crippen molar-refractivity contribution in [2.24, 2.45) is 50.7 Å². The zero-order valence-electron chi connectivity index (χ0n) is 31.0. The van der Waals surface area contributed by atoms with E-state index in [1.807, 2.05) is 0 Å². The fraction of sp³-hybridized carbons (Fsp3) is 0.690. The number of hydrogen-bond acceptors (Lipinski definition) is 6. The van der Waals surface area contributed by atoms with Gasteiger partial charge in [-0.1, -0.05) is 34.6 Å². The molecule has 1 amide bonds. The van der Waals surface area contributed by atoms with Gasteiger partial charge in [-0.05, 0) is 121 Å². The van der Waals surface area contributed by atoms with E-state index in [-0.39, 0.29) is 75.6 Å². The number of hydrogen-bond donors (Lipinski definition) is 1. The van der Waals surface area contributed by atoms with Crippen LogP contribution in [0.4, 0.5) is 8.78 Å². The maximum absolute atomic E-state index is 14.0. The molecule has 1 aromatic carbocycles. The molecule has 2 aromatic rings. The molecule has 276 valence electrons.